The van der Waals surface area contributed by atoms with Gasteiger partial charge in [-0.1, -0.05) is 141 Å². The highest BCUT2D eigenvalue weighted by atomic mass is 35.5. The van der Waals surface area contributed by atoms with Gasteiger partial charge in [-0.3, -0.25) is 4.68 Å². The van der Waals surface area contributed by atoms with E-state index in [9.17, 15) is 20.4 Å². The Hall–Kier alpha value is -8.34. The minimum atomic E-state index is -0.944. The number of anilines is 4. The first-order valence-corrected chi connectivity index (χ1v) is 50.1. The molecule has 8 fully saturated rings. The summed E-state index contributed by atoms with van der Waals surface area (Å²) in [6.07, 6.45) is 22.1. The summed E-state index contributed by atoms with van der Waals surface area (Å²) in [6.45, 7) is 14.2. The normalized spacial score (nSPS) is 22.4. The molecule has 12 aliphatic rings. The maximum atomic E-state index is 11.1. The molecule has 4 aliphatic heterocycles. The van der Waals surface area contributed by atoms with Gasteiger partial charge in [-0.15, -0.1) is 11.3 Å². The van der Waals surface area contributed by atoms with Gasteiger partial charge in [0, 0.05) is 135 Å². The van der Waals surface area contributed by atoms with E-state index in [0.29, 0.717) is 137 Å². The van der Waals surface area contributed by atoms with Crippen molar-refractivity contribution in [3.05, 3.63) is 228 Å². The number of aliphatic hydroxyl groups is 4. The maximum absolute atomic E-state index is 11.1. The van der Waals surface area contributed by atoms with Crippen LogP contribution in [0.5, 0.6) is 0 Å². The van der Waals surface area contributed by atoms with E-state index < -0.39 is 22.4 Å². The van der Waals surface area contributed by atoms with Gasteiger partial charge in [0.2, 0.25) is 0 Å². The zero-order chi connectivity index (χ0) is 93.6. The summed E-state index contributed by atoms with van der Waals surface area (Å²) in [6, 6.07) is 21.9. The van der Waals surface area contributed by atoms with Gasteiger partial charge < -0.3 is 71.9 Å². The number of imidazole rings is 1. The highest BCUT2D eigenvalue weighted by molar-refractivity contribution is 7.09. The van der Waals surface area contributed by atoms with Crippen LogP contribution >= 0.6 is 104 Å². The maximum Gasteiger partial charge on any atom is 0.181 e. The van der Waals surface area contributed by atoms with Crippen molar-refractivity contribution < 1.29 is 24.8 Å². The van der Waals surface area contributed by atoms with Crippen LogP contribution in [0.15, 0.2) is 102 Å². The van der Waals surface area contributed by atoms with E-state index in [1.807, 2.05) is 107 Å². The Morgan fingerprint density at radius 1 is 0.373 bits per heavy atom. The Bertz CT molecular complexity index is 6460. The Kier molecular flexibility index (Phi) is 23.6. The third-order valence-corrected chi connectivity index (χ3v) is 35.4. The number of fused-ring (bicyclic) bond motifs is 4. The van der Waals surface area contributed by atoms with Crippen LogP contribution in [0.4, 0.5) is 23.3 Å². The molecular formula is C98H106Cl8N22O5S. The number of oxazole rings is 1. The molecule has 0 radical (unpaired) electrons. The van der Waals surface area contributed by atoms with Crippen molar-refractivity contribution in [3.63, 3.8) is 0 Å². The zero-order valence-electron chi connectivity index (χ0n) is 75.3. The van der Waals surface area contributed by atoms with Gasteiger partial charge in [0.15, 0.2) is 29.7 Å². The quantitative estimate of drug-likeness (QED) is 0.0563. The first kappa shape index (κ1) is 92.0. The average Bonchev–Trinajstić information content (AvgIpc) is 1.56. The Labute approximate surface area is 821 Å². The Morgan fingerprint density at radius 3 is 1.02 bits per heavy atom. The van der Waals surface area contributed by atoms with E-state index in [4.69, 9.17) is 160 Å². The second-order valence-corrected chi connectivity index (χ2v) is 43.6. The topological polar surface area (TPSA) is 376 Å². The summed E-state index contributed by atoms with van der Waals surface area (Å²) >= 11 is 52.7. The lowest BCUT2D eigenvalue weighted by Gasteiger charge is -2.43. The molecule has 4 aromatic carbocycles. The molecular weight excluding hydrogens is 1880 g/mol. The largest absolute Gasteiger partial charge is 0.447 e. The van der Waals surface area contributed by atoms with Crippen molar-refractivity contribution in [2.45, 2.75) is 203 Å². The van der Waals surface area contributed by atoms with Crippen LogP contribution in [0.1, 0.15) is 217 Å². The van der Waals surface area contributed by atoms with Gasteiger partial charge in [-0.25, -0.2) is 54.8 Å². The highest BCUT2D eigenvalue weighted by Gasteiger charge is 2.57. The number of aryl methyl sites for hydroxylation is 6. The molecule has 134 heavy (non-hydrogen) atoms. The summed E-state index contributed by atoms with van der Waals surface area (Å²) < 4.78 is 9.49. The number of piperidine rings is 4. The molecule has 0 amide bonds. The van der Waals surface area contributed by atoms with Crippen molar-refractivity contribution >= 4 is 127 Å². The number of aromatic nitrogens is 14. The minimum absolute atomic E-state index is 0.00519. The molecule has 700 valence electrons. The number of hydrogen-bond acceptors (Lipinski definition) is 26. The van der Waals surface area contributed by atoms with Crippen LogP contribution in [0.25, 0.3) is 45.0 Å². The number of nitrogens with two attached hydrogens (primary N) is 4. The molecule has 4 saturated carbocycles. The number of halogens is 8. The second kappa shape index (κ2) is 34.3. The highest BCUT2D eigenvalue weighted by Crippen LogP contribution is 2.60. The molecule has 8 aliphatic carbocycles. The fourth-order valence-corrected chi connectivity index (χ4v) is 24.7. The fraction of sp³-hybridized carbons (Fsp3) is 0.469. The summed E-state index contributed by atoms with van der Waals surface area (Å²) in [7, 11) is 3.97. The van der Waals surface area contributed by atoms with Crippen LogP contribution in [0, 0.1) is 49.4 Å². The third kappa shape index (κ3) is 16.0. The van der Waals surface area contributed by atoms with Gasteiger partial charge in [0.25, 0.3) is 0 Å². The molecule has 12 N–H and O–H groups in total. The van der Waals surface area contributed by atoms with E-state index >= 15 is 0 Å². The van der Waals surface area contributed by atoms with E-state index in [-0.39, 0.29) is 45.8 Å². The second-order valence-electron chi connectivity index (χ2n) is 39.6. The summed E-state index contributed by atoms with van der Waals surface area (Å²) in [5.74, 6) is 3.91. The Morgan fingerprint density at radius 2 is 0.694 bits per heavy atom. The lowest BCUT2D eigenvalue weighted by Crippen LogP contribution is -2.45. The van der Waals surface area contributed by atoms with Crippen LogP contribution in [0.2, 0.25) is 40.2 Å². The molecule has 12 heterocycles. The van der Waals surface area contributed by atoms with Crippen molar-refractivity contribution in [1.82, 2.24) is 69.2 Å². The van der Waals surface area contributed by atoms with Gasteiger partial charge >= 0.3 is 0 Å². The number of thiazole rings is 1. The van der Waals surface area contributed by atoms with E-state index in [1.54, 1.807) is 35.6 Å². The SMILES string of the molecule is Cc1nc(N2CCC3(CC2)Cc2ncn(C)c2[C@H]3N)c(C2(O)CC2)nc1-c1cccc(Cl)c1Cl.Cc1nc(N2CCC3(CC2)Cc2ncoc2[C@H]3N)c(C2(O)CC2)nc1-c1cccc(Cl)c1Cl.Cc1nc(N2CCC3(CC2)Cc2ncsc2[C@H]3N)c(C2(O)CC2)nc1-c1cccc(Cl)c1Cl.Cc1nc(N2CCC3(CC2)Cc2nn(C)cc2[C@H]3N)c(C2(O)CC2)nc1-c1cccc(Cl)c1Cl. The molecule has 4 saturated heterocycles. The lowest BCUT2D eigenvalue weighted by molar-refractivity contribution is 0.144. The Balaban J connectivity index is 0.000000107. The van der Waals surface area contributed by atoms with Crippen LogP contribution < -0.4 is 42.5 Å². The van der Waals surface area contributed by atoms with Gasteiger partial charge in [-0.05, 0) is 185 Å². The fourth-order valence-electron chi connectivity index (χ4n) is 22.2. The monoisotopic (exact) mass is 1980 g/mol. The predicted molar refractivity (Wildman–Crippen MR) is 525 cm³/mol. The molecule has 4 atom stereocenters. The van der Waals surface area contributed by atoms with Crippen molar-refractivity contribution in [3.8, 4) is 45.0 Å². The van der Waals surface area contributed by atoms with Crippen molar-refractivity contribution in [2.75, 3.05) is 72.0 Å². The van der Waals surface area contributed by atoms with Crippen LogP contribution in [-0.2, 0) is 62.2 Å². The smallest absolute Gasteiger partial charge is 0.181 e. The van der Waals surface area contributed by atoms with Gasteiger partial charge in [0.05, 0.1) is 138 Å². The van der Waals surface area contributed by atoms with Gasteiger partial charge in [-0.2, -0.15) is 5.10 Å². The predicted octanol–water partition coefficient (Wildman–Crippen LogP) is 18.2. The van der Waals surface area contributed by atoms with Crippen LogP contribution in [-0.4, -0.2) is 142 Å². The number of hydrogen-bond donors (Lipinski definition) is 8. The molecule has 24 rings (SSSR count). The van der Waals surface area contributed by atoms with Gasteiger partial charge in [0.1, 0.15) is 50.9 Å². The summed E-state index contributed by atoms with van der Waals surface area (Å²) in [5.41, 5.74) is 43.0. The molecule has 12 aromatic rings. The molecule has 36 heteroatoms. The summed E-state index contributed by atoms with van der Waals surface area (Å²) in [4.78, 5) is 63.5. The molecule has 0 unspecified atom stereocenters. The number of nitrogens with zero attached hydrogens (tertiary/aromatic N) is 18. The first-order chi connectivity index (χ1) is 64.1. The molecule has 8 aromatic heterocycles. The first-order valence-electron chi connectivity index (χ1n) is 46.2. The lowest BCUT2D eigenvalue weighted by atomic mass is 9.73. The number of rotatable bonds is 12. The van der Waals surface area contributed by atoms with E-state index in [1.165, 1.54) is 28.2 Å². The van der Waals surface area contributed by atoms with Crippen molar-refractivity contribution in [1.29, 1.82) is 0 Å². The minimum Gasteiger partial charge on any atom is -0.447 e. The third-order valence-electron chi connectivity index (χ3n) is 31.2. The summed E-state index contributed by atoms with van der Waals surface area (Å²) in [5, 5.41) is 52.8. The average molecular weight is 1990 g/mol. The molecule has 4 spiro atoms. The van der Waals surface area contributed by atoms with E-state index in [2.05, 4.69) is 50.4 Å². The molecule has 27 nitrogen and oxygen atoms in total. The van der Waals surface area contributed by atoms with E-state index in [0.717, 1.165) is 221 Å². The number of benzene rings is 4. The van der Waals surface area contributed by atoms with Crippen molar-refractivity contribution in [2.24, 2.45) is 58.7 Å². The molecule has 0 bridgehead atoms. The van der Waals surface area contributed by atoms with Crippen LogP contribution in [0.3, 0.4) is 0 Å². The zero-order valence-corrected chi connectivity index (χ0v) is 82.2. The standard InChI is InChI=1S/2C25H28Cl2N6O.C24H25Cl2N5O2.C24H25Cl2N5OS/c1-14-20(15-4-3-5-17(26)19(15)27)30-22(25(34)6-7-25)23(29-14)33-10-8-24(9-11-33)12-18-16(21(24)28)13-32(2)31-18;1-14-19(15-4-3-5-16(26)18(15)27)31-22(25(34)6-7-25)23(30-14)33-10-8-24(9-11-33)12-17-20(21(24)28)32(2)13-29-17;2*1-13-18(14-3-2-4-15(25)17(14)26)30-21(24(32)5-6-24)22(29-13)31-9-7-23(8-10-31)11-16-19(20(23)27)33-12-28-16/h2*3-5,13,21,34H,6-12,28H2,1-2H3;2*2-4,12,20,32H,5-11,27H2,1H3/t2*21-;2*20-/m1111/s1.